The zero-order valence-electron chi connectivity index (χ0n) is 9.03. The molecule has 0 spiro atoms. The highest BCUT2D eigenvalue weighted by molar-refractivity contribution is 5.70. The Bertz CT molecular complexity index is 223. The lowest BCUT2D eigenvalue weighted by atomic mass is 9.83. The summed E-state index contributed by atoms with van der Waals surface area (Å²) in [5.74, 6) is 0.604. The maximum Gasteiger partial charge on any atom is 0.410 e. The van der Waals surface area contributed by atoms with Crippen LogP contribution in [0.2, 0.25) is 0 Å². The maximum atomic E-state index is 11.3. The number of cyclic esters (lactones) is 1. The third-order valence-electron chi connectivity index (χ3n) is 3.73. The van der Waals surface area contributed by atoms with Gasteiger partial charge in [-0.05, 0) is 25.7 Å². The minimum Gasteiger partial charge on any atom is -0.444 e. The summed E-state index contributed by atoms with van der Waals surface area (Å²) >= 11 is 0. The molecule has 0 radical (unpaired) electrons. The highest BCUT2D eigenvalue weighted by Gasteiger charge is 2.41. The number of rotatable bonds is 1. The summed E-state index contributed by atoms with van der Waals surface area (Å²) in [6.45, 7) is 2.09. The Labute approximate surface area is 85.4 Å². The van der Waals surface area contributed by atoms with Crippen LogP contribution < -0.4 is 0 Å². The molecule has 1 saturated carbocycles. The molecule has 80 valence electrons. The molecule has 2 aliphatic rings. The van der Waals surface area contributed by atoms with Crippen LogP contribution in [0.25, 0.3) is 0 Å². The van der Waals surface area contributed by atoms with E-state index in [1.54, 1.807) is 4.90 Å². The maximum absolute atomic E-state index is 11.3. The average Bonchev–Trinajstić information content (AvgIpc) is 2.47. The fraction of sp³-hybridized carbons (Fsp3) is 0.909. The van der Waals surface area contributed by atoms with Crippen molar-refractivity contribution in [3.63, 3.8) is 0 Å². The standard InChI is InChI=1S/C11H19NO2/c1-8-10(14-11(13)12(8)2)9-6-4-3-5-7-9/h8-10H,3-7H2,1-2H3/t8-,10?/m0/s1. The van der Waals surface area contributed by atoms with Gasteiger partial charge in [-0.15, -0.1) is 0 Å². The van der Waals surface area contributed by atoms with Crippen LogP contribution in [0.3, 0.4) is 0 Å². The molecule has 2 fully saturated rings. The third kappa shape index (κ3) is 1.60. The van der Waals surface area contributed by atoms with Crippen molar-refractivity contribution in [3.8, 4) is 0 Å². The molecule has 0 bridgehead atoms. The Morgan fingerprint density at radius 2 is 1.93 bits per heavy atom. The molecule has 14 heavy (non-hydrogen) atoms. The van der Waals surface area contributed by atoms with Crippen molar-refractivity contribution >= 4 is 6.09 Å². The number of amides is 1. The van der Waals surface area contributed by atoms with Crippen molar-refractivity contribution in [2.45, 2.75) is 51.2 Å². The van der Waals surface area contributed by atoms with E-state index in [1.165, 1.54) is 32.1 Å². The molecule has 3 nitrogen and oxygen atoms in total. The van der Waals surface area contributed by atoms with Gasteiger partial charge in [0, 0.05) is 7.05 Å². The van der Waals surface area contributed by atoms with Crippen LogP contribution in [0.5, 0.6) is 0 Å². The topological polar surface area (TPSA) is 29.5 Å². The van der Waals surface area contributed by atoms with Gasteiger partial charge in [0.15, 0.2) is 0 Å². The fourth-order valence-corrected chi connectivity index (χ4v) is 2.64. The van der Waals surface area contributed by atoms with Crippen molar-refractivity contribution in [1.29, 1.82) is 0 Å². The predicted molar refractivity (Wildman–Crippen MR) is 54.1 cm³/mol. The third-order valence-corrected chi connectivity index (χ3v) is 3.73. The molecule has 3 heteroatoms. The summed E-state index contributed by atoms with van der Waals surface area (Å²) in [5.41, 5.74) is 0. The minimum absolute atomic E-state index is 0.145. The molecule has 0 aromatic rings. The number of hydrogen-bond acceptors (Lipinski definition) is 2. The molecular weight excluding hydrogens is 178 g/mol. The predicted octanol–water partition coefficient (Wildman–Crippen LogP) is 2.41. The van der Waals surface area contributed by atoms with Gasteiger partial charge in [0.05, 0.1) is 6.04 Å². The van der Waals surface area contributed by atoms with Crippen LogP contribution in [0.15, 0.2) is 0 Å². The Kier molecular flexibility index (Phi) is 2.66. The second-order valence-corrected chi connectivity index (χ2v) is 4.60. The molecule has 1 saturated heterocycles. The van der Waals surface area contributed by atoms with Gasteiger partial charge in [0.25, 0.3) is 0 Å². The van der Waals surface area contributed by atoms with Crippen LogP contribution in [0.1, 0.15) is 39.0 Å². The first-order chi connectivity index (χ1) is 6.70. The van der Waals surface area contributed by atoms with E-state index in [1.807, 2.05) is 7.05 Å². The van der Waals surface area contributed by atoms with Gasteiger partial charge in [-0.2, -0.15) is 0 Å². The number of ether oxygens (including phenoxy) is 1. The van der Waals surface area contributed by atoms with Crippen molar-refractivity contribution < 1.29 is 9.53 Å². The van der Waals surface area contributed by atoms with Crippen LogP contribution in [-0.2, 0) is 4.74 Å². The number of likely N-dealkylation sites (N-methyl/N-ethyl adjacent to an activating group) is 1. The molecule has 0 aromatic carbocycles. The molecular formula is C11H19NO2. The second kappa shape index (κ2) is 3.79. The van der Waals surface area contributed by atoms with E-state index >= 15 is 0 Å². The van der Waals surface area contributed by atoms with Crippen molar-refractivity contribution in [3.05, 3.63) is 0 Å². The first-order valence-electron chi connectivity index (χ1n) is 5.63. The molecule has 2 atom stereocenters. The Balaban J connectivity index is 2.00. The van der Waals surface area contributed by atoms with Crippen molar-refractivity contribution in [1.82, 2.24) is 4.90 Å². The van der Waals surface area contributed by atoms with Gasteiger partial charge in [0.1, 0.15) is 6.10 Å². The molecule has 1 amide bonds. The number of hydrogen-bond donors (Lipinski definition) is 0. The van der Waals surface area contributed by atoms with E-state index in [2.05, 4.69) is 6.92 Å². The number of nitrogens with zero attached hydrogens (tertiary/aromatic N) is 1. The summed E-state index contributed by atoms with van der Waals surface area (Å²) in [7, 11) is 1.83. The molecule has 1 aliphatic carbocycles. The Morgan fingerprint density at radius 1 is 1.29 bits per heavy atom. The monoisotopic (exact) mass is 197 g/mol. The van der Waals surface area contributed by atoms with Crippen LogP contribution in [0.4, 0.5) is 4.79 Å². The lowest BCUT2D eigenvalue weighted by Gasteiger charge is -2.28. The first-order valence-corrected chi connectivity index (χ1v) is 5.63. The second-order valence-electron chi connectivity index (χ2n) is 4.60. The summed E-state index contributed by atoms with van der Waals surface area (Å²) in [6.07, 6.45) is 6.42. The van der Waals surface area contributed by atoms with E-state index < -0.39 is 0 Å². The van der Waals surface area contributed by atoms with Crippen molar-refractivity contribution in [2.75, 3.05) is 7.05 Å². The number of carbonyl (C=O) groups excluding carboxylic acids is 1. The van der Waals surface area contributed by atoms with Gasteiger partial charge >= 0.3 is 6.09 Å². The van der Waals surface area contributed by atoms with Gasteiger partial charge in [-0.25, -0.2) is 4.79 Å². The Morgan fingerprint density at radius 3 is 2.43 bits per heavy atom. The van der Waals surface area contributed by atoms with E-state index in [9.17, 15) is 4.79 Å². The largest absolute Gasteiger partial charge is 0.444 e. The summed E-state index contributed by atoms with van der Waals surface area (Å²) < 4.78 is 5.41. The summed E-state index contributed by atoms with van der Waals surface area (Å²) in [4.78, 5) is 13.1. The molecule has 1 aliphatic heterocycles. The average molecular weight is 197 g/mol. The molecule has 1 unspecified atom stereocenters. The summed E-state index contributed by atoms with van der Waals surface area (Å²) in [6, 6.07) is 0.255. The molecule has 1 heterocycles. The normalized spacial score (nSPS) is 34.7. The fourth-order valence-electron chi connectivity index (χ4n) is 2.64. The van der Waals surface area contributed by atoms with Crippen LogP contribution in [0, 0.1) is 5.92 Å². The van der Waals surface area contributed by atoms with Gasteiger partial charge in [-0.1, -0.05) is 19.3 Å². The minimum atomic E-state index is -0.145. The SMILES string of the molecule is C[C@H]1C(C2CCCCC2)OC(=O)N1C. The number of carbonyl (C=O) groups is 1. The van der Waals surface area contributed by atoms with Gasteiger partial charge in [0.2, 0.25) is 0 Å². The Hall–Kier alpha value is -0.730. The van der Waals surface area contributed by atoms with E-state index in [4.69, 9.17) is 4.74 Å². The lowest BCUT2D eigenvalue weighted by Crippen LogP contribution is -2.35. The molecule has 0 aromatic heterocycles. The van der Waals surface area contributed by atoms with E-state index in [0.29, 0.717) is 5.92 Å². The van der Waals surface area contributed by atoms with Gasteiger partial charge < -0.3 is 9.64 Å². The summed E-state index contributed by atoms with van der Waals surface area (Å²) in [5, 5.41) is 0. The zero-order valence-corrected chi connectivity index (χ0v) is 9.03. The molecule has 2 rings (SSSR count). The molecule has 0 N–H and O–H groups in total. The highest BCUT2D eigenvalue weighted by atomic mass is 16.6. The zero-order chi connectivity index (χ0) is 10.1. The van der Waals surface area contributed by atoms with Crippen LogP contribution >= 0.6 is 0 Å². The van der Waals surface area contributed by atoms with Crippen molar-refractivity contribution in [2.24, 2.45) is 5.92 Å². The smallest absolute Gasteiger partial charge is 0.410 e. The van der Waals surface area contributed by atoms with Gasteiger partial charge in [-0.3, -0.25) is 0 Å². The van der Waals surface area contributed by atoms with Crippen LogP contribution in [-0.4, -0.2) is 30.2 Å². The highest BCUT2D eigenvalue weighted by Crippen LogP contribution is 2.33. The van der Waals surface area contributed by atoms with E-state index in [0.717, 1.165) is 0 Å². The van der Waals surface area contributed by atoms with E-state index in [-0.39, 0.29) is 18.2 Å². The quantitative estimate of drug-likeness (QED) is 0.646. The lowest BCUT2D eigenvalue weighted by molar-refractivity contribution is 0.0764. The first kappa shape index (κ1) is 9.81.